The van der Waals surface area contributed by atoms with Gasteiger partial charge in [-0.1, -0.05) is 0 Å². The van der Waals surface area contributed by atoms with Crippen LogP contribution in [0.1, 0.15) is 29.4 Å². The van der Waals surface area contributed by atoms with E-state index in [2.05, 4.69) is 15.9 Å². The van der Waals surface area contributed by atoms with Crippen molar-refractivity contribution in [2.75, 3.05) is 33.3 Å². The maximum atomic E-state index is 12.5. The van der Waals surface area contributed by atoms with Crippen LogP contribution in [0.4, 0.5) is 0 Å². The summed E-state index contributed by atoms with van der Waals surface area (Å²) in [6.07, 6.45) is 2.15. The summed E-state index contributed by atoms with van der Waals surface area (Å²) in [5.74, 6) is -0.400. The number of ether oxygens (including phenoxy) is 1. The second-order valence-electron chi connectivity index (χ2n) is 5.79. The molecule has 0 radical (unpaired) electrons. The van der Waals surface area contributed by atoms with Gasteiger partial charge in [-0.15, -0.1) is 11.3 Å². The average molecular weight is 417 g/mol. The summed E-state index contributed by atoms with van der Waals surface area (Å²) in [5.41, 5.74) is 0. The first-order chi connectivity index (χ1) is 11.4. The van der Waals surface area contributed by atoms with Crippen molar-refractivity contribution in [3.8, 4) is 0 Å². The number of rotatable bonds is 8. The third-order valence-electron chi connectivity index (χ3n) is 3.66. The van der Waals surface area contributed by atoms with Crippen molar-refractivity contribution in [3.05, 3.63) is 20.8 Å². The highest BCUT2D eigenvalue weighted by Gasteiger charge is 2.29. The minimum absolute atomic E-state index is 0.0551. The normalized spacial score (nSPS) is 13.5. The van der Waals surface area contributed by atoms with Crippen LogP contribution in [-0.2, 0) is 14.3 Å². The lowest BCUT2D eigenvalue weighted by Crippen LogP contribution is -2.44. The van der Waals surface area contributed by atoms with E-state index in [-0.39, 0.29) is 31.5 Å². The summed E-state index contributed by atoms with van der Waals surface area (Å²) in [6.45, 7) is 2.45. The van der Waals surface area contributed by atoms with Gasteiger partial charge in [0.15, 0.2) is 0 Å². The highest BCUT2D eigenvalue weighted by Crippen LogP contribution is 2.29. The Morgan fingerprint density at radius 2 is 2.00 bits per heavy atom. The zero-order chi connectivity index (χ0) is 17.7. The smallest absolute Gasteiger partial charge is 0.325 e. The van der Waals surface area contributed by atoms with Crippen LogP contribution < -0.4 is 0 Å². The highest BCUT2D eigenvalue weighted by atomic mass is 79.9. The van der Waals surface area contributed by atoms with E-state index < -0.39 is 5.97 Å². The number of carbonyl (C=O) groups excluding carboxylic acids is 3. The number of likely N-dealkylation sites (N-methyl/N-ethyl adjacent to an activating group) is 1. The first-order valence-corrected chi connectivity index (χ1v) is 9.45. The molecule has 1 aliphatic carbocycles. The Kier molecular flexibility index (Phi) is 6.79. The molecule has 0 N–H and O–H groups in total. The topological polar surface area (TPSA) is 66.9 Å². The SMILES string of the molecule is CCOC(=O)CN(CC1CC1)C(=O)CN(C)C(=O)c1ccc(Br)s1. The molecule has 0 atom stereocenters. The number of nitrogens with zero attached hydrogens (tertiary/aromatic N) is 2. The number of carbonyl (C=O) groups is 3. The van der Waals surface area contributed by atoms with Gasteiger partial charge in [0.05, 0.1) is 21.8 Å². The fraction of sp³-hybridized carbons (Fsp3) is 0.562. The van der Waals surface area contributed by atoms with Gasteiger partial charge in [-0.05, 0) is 53.7 Å². The van der Waals surface area contributed by atoms with Crippen LogP contribution in [0.5, 0.6) is 0 Å². The number of esters is 1. The summed E-state index contributed by atoms with van der Waals surface area (Å²) in [7, 11) is 1.59. The van der Waals surface area contributed by atoms with Crippen molar-refractivity contribution in [2.24, 2.45) is 5.92 Å². The van der Waals surface area contributed by atoms with Gasteiger partial charge in [-0.3, -0.25) is 14.4 Å². The number of amides is 2. The van der Waals surface area contributed by atoms with Crippen molar-refractivity contribution in [3.63, 3.8) is 0 Å². The molecule has 1 aliphatic rings. The standard InChI is InChI=1S/C16H21BrN2O4S/c1-3-23-15(21)10-19(8-11-4-5-11)14(20)9-18(2)16(22)12-6-7-13(17)24-12/h6-7,11H,3-5,8-10H2,1-2H3. The Balaban J connectivity index is 1.94. The summed E-state index contributed by atoms with van der Waals surface area (Å²) >= 11 is 4.64. The number of thiophene rings is 1. The van der Waals surface area contributed by atoms with Gasteiger partial charge in [0.25, 0.3) is 5.91 Å². The fourth-order valence-corrected chi connectivity index (χ4v) is 3.60. The summed E-state index contributed by atoms with van der Waals surface area (Å²) < 4.78 is 5.80. The predicted molar refractivity (Wildman–Crippen MR) is 94.9 cm³/mol. The summed E-state index contributed by atoms with van der Waals surface area (Å²) in [4.78, 5) is 40.0. The molecule has 1 fully saturated rings. The molecule has 6 nitrogen and oxygen atoms in total. The van der Waals surface area contributed by atoms with E-state index >= 15 is 0 Å². The molecule has 2 rings (SSSR count). The Labute approximate surface area is 153 Å². The minimum Gasteiger partial charge on any atom is -0.465 e. The van der Waals surface area contributed by atoms with Crippen LogP contribution in [0, 0.1) is 5.92 Å². The molecule has 0 aliphatic heterocycles. The van der Waals surface area contributed by atoms with Crippen molar-refractivity contribution in [1.82, 2.24) is 9.80 Å². The van der Waals surface area contributed by atoms with Crippen molar-refractivity contribution >= 4 is 45.1 Å². The second kappa shape index (κ2) is 8.62. The van der Waals surface area contributed by atoms with E-state index in [0.717, 1.165) is 16.6 Å². The monoisotopic (exact) mass is 416 g/mol. The molecule has 0 bridgehead atoms. The molecule has 24 heavy (non-hydrogen) atoms. The van der Waals surface area contributed by atoms with Crippen LogP contribution in [-0.4, -0.2) is 60.9 Å². The van der Waals surface area contributed by atoms with Crippen LogP contribution in [0.15, 0.2) is 15.9 Å². The van der Waals surface area contributed by atoms with E-state index in [1.165, 1.54) is 21.1 Å². The summed E-state index contributed by atoms with van der Waals surface area (Å²) in [6, 6.07) is 3.52. The number of halogens is 1. The van der Waals surface area contributed by atoms with E-state index in [4.69, 9.17) is 4.74 Å². The molecule has 0 aromatic carbocycles. The molecule has 1 aromatic heterocycles. The maximum absolute atomic E-state index is 12.5. The third-order valence-corrected chi connectivity index (χ3v) is 5.27. The Morgan fingerprint density at radius 1 is 1.29 bits per heavy atom. The van der Waals surface area contributed by atoms with Gasteiger partial charge < -0.3 is 14.5 Å². The largest absolute Gasteiger partial charge is 0.465 e. The van der Waals surface area contributed by atoms with Crippen LogP contribution in [0.3, 0.4) is 0 Å². The Morgan fingerprint density at radius 3 is 2.54 bits per heavy atom. The predicted octanol–water partition coefficient (Wildman–Crippen LogP) is 2.38. The van der Waals surface area contributed by atoms with Gasteiger partial charge in [-0.25, -0.2) is 0 Å². The molecule has 8 heteroatoms. The quantitative estimate of drug-likeness (QED) is 0.610. The molecular weight excluding hydrogens is 396 g/mol. The maximum Gasteiger partial charge on any atom is 0.325 e. The molecule has 1 saturated carbocycles. The highest BCUT2D eigenvalue weighted by molar-refractivity contribution is 9.11. The molecule has 2 amide bonds. The van der Waals surface area contributed by atoms with Crippen LogP contribution >= 0.6 is 27.3 Å². The molecule has 1 heterocycles. The van der Waals surface area contributed by atoms with E-state index in [0.29, 0.717) is 17.3 Å². The molecule has 0 spiro atoms. The van der Waals surface area contributed by atoms with E-state index in [9.17, 15) is 14.4 Å². The Bertz CT molecular complexity index is 615. The second-order valence-corrected chi connectivity index (χ2v) is 8.25. The van der Waals surface area contributed by atoms with Gasteiger partial charge in [-0.2, -0.15) is 0 Å². The van der Waals surface area contributed by atoms with Gasteiger partial charge in [0, 0.05) is 13.6 Å². The van der Waals surface area contributed by atoms with Crippen LogP contribution in [0.25, 0.3) is 0 Å². The van der Waals surface area contributed by atoms with E-state index in [1.54, 1.807) is 26.1 Å². The summed E-state index contributed by atoms with van der Waals surface area (Å²) in [5, 5.41) is 0. The zero-order valence-electron chi connectivity index (χ0n) is 13.8. The van der Waals surface area contributed by atoms with Gasteiger partial charge in [0.2, 0.25) is 5.91 Å². The lowest BCUT2D eigenvalue weighted by molar-refractivity contribution is -0.149. The Hall–Kier alpha value is -1.41. The molecular formula is C16H21BrN2O4S. The number of hydrogen-bond acceptors (Lipinski definition) is 5. The lowest BCUT2D eigenvalue weighted by atomic mass is 10.3. The molecule has 1 aromatic rings. The molecule has 132 valence electrons. The van der Waals surface area contributed by atoms with Crippen molar-refractivity contribution < 1.29 is 19.1 Å². The third kappa shape index (κ3) is 5.59. The van der Waals surface area contributed by atoms with Gasteiger partial charge >= 0.3 is 5.97 Å². The average Bonchev–Trinajstić information content (AvgIpc) is 3.24. The minimum atomic E-state index is -0.414. The number of hydrogen-bond donors (Lipinski definition) is 0. The van der Waals surface area contributed by atoms with Crippen molar-refractivity contribution in [2.45, 2.75) is 19.8 Å². The van der Waals surface area contributed by atoms with Crippen molar-refractivity contribution in [1.29, 1.82) is 0 Å². The molecule has 0 unspecified atom stereocenters. The molecule has 0 saturated heterocycles. The lowest BCUT2D eigenvalue weighted by Gasteiger charge is -2.24. The first kappa shape index (κ1) is 18.9. The zero-order valence-corrected chi connectivity index (χ0v) is 16.2. The van der Waals surface area contributed by atoms with E-state index in [1.807, 2.05) is 0 Å². The fourth-order valence-electron chi connectivity index (χ4n) is 2.22. The van der Waals surface area contributed by atoms with Gasteiger partial charge in [0.1, 0.15) is 6.54 Å². The van der Waals surface area contributed by atoms with Crippen LogP contribution in [0.2, 0.25) is 0 Å². The first-order valence-electron chi connectivity index (χ1n) is 7.85.